The molecule has 1 aliphatic rings. The summed E-state index contributed by atoms with van der Waals surface area (Å²) < 4.78 is 23.8. The maximum absolute atomic E-state index is 12.8. The van der Waals surface area contributed by atoms with Crippen LogP contribution in [-0.2, 0) is 21.2 Å². The van der Waals surface area contributed by atoms with Crippen molar-refractivity contribution in [2.45, 2.75) is 19.0 Å². The van der Waals surface area contributed by atoms with Gasteiger partial charge < -0.3 is 4.90 Å². The van der Waals surface area contributed by atoms with Crippen molar-refractivity contribution in [3.8, 4) is 0 Å². The molecule has 27 heavy (non-hydrogen) atoms. The standard InChI is InChI=1S/C20H19Cl2NO3S/c21-17-6-1-15(2-7-17)5-10-20(24)23(19-11-12-27(25,26)14-19)13-16-3-8-18(22)9-4-16/h1-10,19H,11-14H2. The van der Waals surface area contributed by atoms with Crippen LogP contribution >= 0.6 is 23.2 Å². The van der Waals surface area contributed by atoms with Crippen LogP contribution in [0.2, 0.25) is 10.0 Å². The fourth-order valence-corrected chi connectivity index (χ4v) is 5.01. The van der Waals surface area contributed by atoms with E-state index in [0.717, 1.165) is 11.1 Å². The van der Waals surface area contributed by atoms with E-state index >= 15 is 0 Å². The summed E-state index contributed by atoms with van der Waals surface area (Å²) in [6.07, 6.45) is 3.64. The summed E-state index contributed by atoms with van der Waals surface area (Å²) in [6, 6.07) is 14.0. The topological polar surface area (TPSA) is 54.5 Å². The first-order chi connectivity index (χ1) is 12.8. The van der Waals surface area contributed by atoms with Crippen molar-refractivity contribution in [3.63, 3.8) is 0 Å². The maximum Gasteiger partial charge on any atom is 0.247 e. The van der Waals surface area contributed by atoms with Crippen molar-refractivity contribution in [1.82, 2.24) is 4.90 Å². The highest BCUT2D eigenvalue weighted by Crippen LogP contribution is 2.22. The maximum atomic E-state index is 12.8. The third-order valence-electron chi connectivity index (χ3n) is 4.49. The minimum atomic E-state index is -3.10. The second-order valence-electron chi connectivity index (χ2n) is 6.53. The Labute approximate surface area is 169 Å². The zero-order valence-corrected chi connectivity index (χ0v) is 16.8. The zero-order valence-electron chi connectivity index (χ0n) is 14.5. The summed E-state index contributed by atoms with van der Waals surface area (Å²) in [4.78, 5) is 14.5. The summed E-state index contributed by atoms with van der Waals surface area (Å²) in [5.41, 5.74) is 1.75. The zero-order chi connectivity index (χ0) is 19.4. The molecule has 4 nitrogen and oxygen atoms in total. The molecule has 0 saturated carbocycles. The summed E-state index contributed by atoms with van der Waals surface area (Å²) in [6.45, 7) is 0.334. The average molecular weight is 424 g/mol. The predicted molar refractivity (Wildman–Crippen MR) is 110 cm³/mol. The lowest BCUT2D eigenvalue weighted by Gasteiger charge is -2.27. The molecular formula is C20H19Cl2NO3S. The summed E-state index contributed by atoms with van der Waals surface area (Å²) >= 11 is 11.8. The molecule has 0 aromatic heterocycles. The molecule has 1 amide bonds. The van der Waals surface area contributed by atoms with E-state index < -0.39 is 9.84 Å². The number of benzene rings is 2. The van der Waals surface area contributed by atoms with Gasteiger partial charge in [-0.2, -0.15) is 0 Å². The van der Waals surface area contributed by atoms with Gasteiger partial charge in [0.15, 0.2) is 9.84 Å². The van der Waals surface area contributed by atoms with Gasteiger partial charge in [0.2, 0.25) is 5.91 Å². The van der Waals surface area contributed by atoms with Gasteiger partial charge in [0.1, 0.15) is 0 Å². The van der Waals surface area contributed by atoms with E-state index in [4.69, 9.17) is 23.2 Å². The minimum absolute atomic E-state index is 0.00111. The van der Waals surface area contributed by atoms with Crippen molar-refractivity contribution in [3.05, 3.63) is 75.8 Å². The second kappa shape index (κ2) is 8.46. The largest absolute Gasteiger partial charge is 0.331 e. The normalized spacial score (nSPS) is 18.7. The highest BCUT2D eigenvalue weighted by Gasteiger charge is 2.34. The molecule has 1 saturated heterocycles. The molecular weight excluding hydrogens is 405 g/mol. The summed E-state index contributed by atoms with van der Waals surface area (Å²) in [7, 11) is -3.10. The van der Waals surface area contributed by atoms with Crippen molar-refractivity contribution in [2.24, 2.45) is 0 Å². The van der Waals surface area contributed by atoms with Crippen LogP contribution in [0.15, 0.2) is 54.6 Å². The van der Waals surface area contributed by atoms with Crippen LogP contribution in [0, 0.1) is 0 Å². The number of nitrogens with zero attached hydrogens (tertiary/aromatic N) is 1. The molecule has 0 radical (unpaired) electrons. The van der Waals surface area contributed by atoms with Crippen LogP contribution in [0.4, 0.5) is 0 Å². The number of carbonyl (C=O) groups excluding carboxylic acids is 1. The fourth-order valence-electron chi connectivity index (χ4n) is 3.03. The van der Waals surface area contributed by atoms with Gasteiger partial charge >= 0.3 is 0 Å². The Hall–Kier alpha value is -1.82. The van der Waals surface area contributed by atoms with E-state index in [-0.39, 0.29) is 23.5 Å². The number of sulfone groups is 1. The lowest BCUT2D eigenvalue weighted by atomic mass is 10.1. The van der Waals surface area contributed by atoms with Gasteiger partial charge in [0, 0.05) is 28.7 Å². The number of hydrogen-bond donors (Lipinski definition) is 0. The third-order valence-corrected chi connectivity index (χ3v) is 6.74. The predicted octanol–water partition coefficient (Wildman–Crippen LogP) is 4.22. The van der Waals surface area contributed by atoms with Crippen LogP contribution in [0.5, 0.6) is 0 Å². The van der Waals surface area contributed by atoms with Crippen molar-refractivity contribution >= 4 is 45.0 Å². The number of carbonyl (C=O) groups is 1. The number of hydrogen-bond acceptors (Lipinski definition) is 3. The van der Waals surface area contributed by atoms with Crippen LogP contribution < -0.4 is 0 Å². The van der Waals surface area contributed by atoms with E-state index in [1.807, 2.05) is 24.3 Å². The molecule has 0 bridgehead atoms. The third kappa shape index (κ3) is 5.58. The van der Waals surface area contributed by atoms with Crippen molar-refractivity contribution in [2.75, 3.05) is 11.5 Å². The van der Waals surface area contributed by atoms with Crippen LogP contribution in [0.25, 0.3) is 6.08 Å². The van der Waals surface area contributed by atoms with E-state index in [0.29, 0.717) is 23.0 Å². The molecule has 1 heterocycles. The van der Waals surface area contributed by atoms with E-state index in [9.17, 15) is 13.2 Å². The average Bonchev–Trinajstić information content (AvgIpc) is 3.00. The molecule has 3 rings (SSSR count). The van der Waals surface area contributed by atoms with Gasteiger partial charge in [0.25, 0.3) is 0 Å². The SMILES string of the molecule is O=C(C=Cc1ccc(Cl)cc1)N(Cc1ccc(Cl)cc1)C1CCS(=O)(=O)C1. The molecule has 1 fully saturated rings. The lowest BCUT2D eigenvalue weighted by Crippen LogP contribution is -2.39. The smallest absolute Gasteiger partial charge is 0.247 e. The Morgan fingerprint density at radius 1 is 1.04 bits per heavy atom. The number of amides is 1. The Kier molecular flexibility index (Phi) is 6.25. The fraction of sp³-hybridized carbons (Fsp3) is 0.250. The quantitative estimate of drug-likeness (QED) is 0.676. The van der Waals surface area contributed by atoms with Gasteiger partial charge in [0.05, 0.1) is 11.5 Å². The molecule has 0 spiro atoms. The number of halogens is 2. The van der Waals surface area contributed by atoms with E-state index in [2.05, 4.69) is 0 Å². The van der Waals surface area contributed by atoms with Crippen molar-refractivity contribution in [1.29, 1.82) is 0 Å². The van der Waals surface area contributed by atoms with Crippen LogP contribution in [0.1, 0.15) is 17.5 Å². The Morgan fingerprint density at radius 3 is 2.19 bits per heavy atom. The van der Waals surface area contributed by atoms with E-state index in [1.165, 1.54) is 6.08 Å². The first kappa shape index (κ1) is 19.9. The van der Waals surface area contributed by atoms with Gasteiger partial charge in [-0.3, -0.25) is 4.79 Å². The molecule has 7 heteroatoms. The van der Waals surface area contributed by atoms with E-state index in [1.54, 1.807) is 35.2 Å². The van der Waals surface area contributed by atoms with Crippen LogP contribution in [-0.4, -0.2) is 36.8 Å². The molecule has 1 aliphatic heterocycles. The number of rotatable bonds is 5. The molecule has 1 atom stereocenters. The molecule has 0 aliphatic carbocycles. The molecule has 142 valence electrons. The van der Waals surface area contributed by atoms with Gasteiger partial charge in [-0.05, 0) is 47.9 Å². The van der Waals surface area contributed by atoms with Gasteiger partial charge in [-0.15, -0.1) is 0 Å². The molecule has 2 aromatic carbocycles. The first-order valence-corrected chi connectivity index (χ1v) is 11.1. The minimum Gasteiger partial charge on any atom is -0.331 e. The Morgan fingerprint density at radius 2 is 1.63 bits per heavy atom. The molecule has 2 aromatic rings. The Balaban J connectivity index is 1.80. The molecule has 1 unspecified atom stereocenters. The van der Waals surface area contributed by atoms with Crippen molar-refractivity contribution < 1.29 is 13.2 Å². The van der Waals surface area contributed by atoms with Gasteiger partial charge in [-0.1, -0.05) is 47.5 Å². The highest BCUT2D eigenvalue weighted by atomic mass is 35.5. The lowest BCUT2D eigenvalue weighted by molar-refractivity contribution is -0.128. The highest BCUT2D eigenvalue weighted by molar-refractivity contribution is 7.91. The first-order valence-electron chi connectivity index (χ1n) is 8.51. The monoisotopic (exact) mass is 423 g/mol. The summed E-state index contributed by atoms with van der Waals surface area (Å²) in [5.74, 6) is -0.105. The summed E-state index contributed by atoms with van der Waals surface area (Å²) in [5, 5.41) is 1.24. The second-order valence-corrected chi connectivity index (χ2v) is 9.64. The Bertz CT molecular complexity index is 938. The molecule has 0 N–H and O–H groups in total. The van der Waals surface area contributed by atoms with Crippen LogP contribution in [0.3, 0.4) is 0 Å². The van der Waals surface area contributed by atoms with Gasteiger partial charge in [-0.25, -0.2) is 8.42 Å².